The fourth-order valence-corrected chi connectivity index (χ4v) is 2.05. The Balaban J connectivity index is 1.84. The maximum atomic E-state index is 11.5. The number of urea groups is 1. The third-order valence-corrected chi connectivity index (χ3v) is 3.22. The van der Waals surface area contributed by atoms with Crippen LogP contribution in [0.3, 0.4) is 0 Å². The summed E-state index contributed by atoms with van der Waals surface area (Å²) in [6.07, 6.45) is 2.83. The topological polar surface area (TPSA) is 61.4 Å². The van der Waals surface area contributed by atoms with Gasteiger partial charge in [0, 0.05) is 30.8 Å². The van der Waals surface area contributed by atoms with Crippen molar-refractivity contribution in [2.24, 2.45) is 0 Å². The van der Waals surface area contributed by atoms with Crippen LogP contribution in [0.1, 0.15) is 18.4 Å². The number of anilines is 1. The molecule has 114 valence electrons. The smallest absolute Gasteiger partial charge is 0.321 e. The van der Waals surface area contributed by atoms with Crippen LogP contribution in [0.25, 0.3) is 0 Å². The molecule has 0 atom stereocenters. The fraction of sp³-hybridized carbons (Fsp3) is 0.294. The van der Waals surface area contributed by atoms with Crippen molar-refractivity contribution in [3.63, 3.8) is 0 Å². The van der Waals surface area contributed by atoms with Crippen LogP contribution < -0.4 is 15.5 Å². The van der Waals surface area contributed by atoms with E-state index in [0.717, 1.165) is 11.3 Å². The van der Waals surface area contributed by atoms with E-state index in [0.29, 0.717) is 32.5 Å². The van der Waals surface area contributed by atoms with Gasteiger partial charge in [-0.1, -0.05) is 17.9 Å². The lowest BCUT2D eigenvalue weighted by molar-refractivity contribution is -0.120. The first kappa shape index (κ1) is 15.6. The van der Waals surface area contributed by atoms with Crippen LogP contribution in [0, 0.1) is 11.8 Å². The van der Waals surface area contributed by atoms with E-state index in [2.05, 4.69) is 29.1 Å². The van der Waals surface area contributed by atoms with Gasteiger partial charge in [-0.15, -0.1) is 6.58 Å². The quantitative estimate of drug-likeness (QED) is 0.641. The predicted molar refractivity (Wildman–Crippen MR) is 86.5 cm³/mol. The second-order valence-electron chi connectivity index (χ2n) is 4.84. The number of nitrogens with one attached hydrogen (secondary N) is 2. The molecule has 1 fully saturated rings. The lowest BCUT2D eigenvalue weighted by Gasteiger charge is -2.13. The molecule has 1 heterocycles. The lowest BCUT2D eigenvalue weighted by atomic mass is 10.2. The van der Waals surface area contributed by atoms with Gasteiger partial charge in [0.2, 0.25) is 5.91 Å². The van der Waals surface area contributed by atoms with Gasteiger partial charge < -0.3 is 10.6 Å². The van der Waals surface area contributed by atoms with Gasteiger partial charge in [0.1, 0.15) is 0 Å². The van der Waals surface area contributed by atoms with Gasteiger partial charge >= 0.3 is 6.03 Å². The monoisotopic (exact) mass is 297 g/mol. The molecular weight excluding hydrogens is 278 g/mol. The van der Waals surface area contributed by atoms with Crippen LogP contribution in [0.2, 0.25) is 0 Å². The molecule has 0 saturated carbocycles. The van der Waals surface area contributed by atoms with Gasteiger partial charge in [-0.2, -0.15) is 0 Å². The number of rotatable bonds is 5. The summed E-state index contributed by atoms with van der Waals surface area (Å²) >= 11 is 0. The largest absolute Gasteiger partial charge is 0.345 e. The minimum atomic E-state index is -0.0685. The van der Waals surface area contributed by atoms with Gasteiger partial charge in [0.05, 0.1) is 6.54 Å². The van der Waals surface area contributed by atoms with Gasteiger partial charge in [-0.3, -0.25) is 9.69 Å². The summed E-state index contributed by atoms with van der Waals surface area (Å²) < 4.78 is 0. The van der Waals surface area contributed by atoms with E-state index in [4.69, 9.17) is 0 Å². The molecule has 1 aromatic carbocycles. The number of carbonyl (C=O) groups is 2. The first-order valence-corrected chi connectivity index (χ1v) is 7.22. The number of benzene rings is 1. The zero-order chi connectivity index (χ0) is 15.8. The Kier molecular flexibility index (Phi) is 5.61. The summed E-state index contributed by atoms with van der Waals surface area (Å²) in [6.45, 7) is 5.25. The van der Waals surface area contributed by atoms with E-state index in [1.807, 2.05) is 24.3 Å². The first-order valence-electron chi connectivity index (χ1n) is 7.22. The highest BCUT2D eigenvalue weighted by molar-refractivity contribution is 5.94. The van der Waals surface area contributed by atoms with Gasteiger partial charge in [0.15, 0.2) is 0 Å². The molecule has 3 amide bonds. The van der Waals surface area contributed by atoms with E-state index < -0.39 is 0 Å². The summed E-state index contributed by atoms with van der Waals surface area (Å²) in [5, 5.41) is 5.49. The van der Waals surface area contributed by atoms with Crippen molar-refractivity contribution in [1.29, 1.82) is 0 Å². The highest BCUT2D eigenvalue weighted by Gasteiger charge is 2.20. The van der Waals surface area contributed by atoms with Gasteiger partial charge in [-0.05, 0) is 30.7 Å². The van der Waals surface area contributed by atoms with Crippen molar-refractivity contribution in [2.45, 2.75) is 12.8 Å². The Morgan fingerprint density at radius 1 is 1.41 bits per heavy atom. The van der Waals surface area contributed by atoms with Crippen molar-refractivity contribution in [1.82, 2.24) is 10.6 Å². The van der Waals surface area contributed by atoms with Crippen LogP contribution in [0.4, 0.5) is 10.5 Å². The molecular formula is C17H19N3O2. The van der Waals surface area contributed by atoms with Crippen LogP contribution >= 0.6 is 0 Å². The van der Waals surface area contributed by atoms with Gasteiger partial charge in [-0.25, -0.2) is 4.79 Å². The minimum Gasteiger partial charge on any atom is -0.345 e. The van der Waals surface area contributed by atoms with E-state index >= 15 is 0 Å². The molecule has 0 unspecified atom stereocenters. The average Bonchev–Trinajstić information content (AvgIpc) is 2.96. The van der Waals surface area contributed by atoms with Crippen LogP contribution in [-0.4, -0.2) is 31.6 Å². The zero-order valence-electron chi connectivity index (χ0n) is 12.4. The Morgan fingerprint density at radius 2 is 2.18 bits per heavy atom. The molecule has 1 aromatic rings. The fourth-order valence-electron chi connectivity index (χ4n) is 2.05. The second-order valence-corrected chi connectivity index (χ2v) is 4.84. The molecule has 0 bridgehead atoms. The Hall–Kier alpha value is -2.74. The number of amides is 3. The maximum Gasteiger partial charge on any atom is 0.321 e. The average molecular weight is 297 g/mol. The summed E-state index contributed by atoms with van der Waals surface area (Å²) in [5.74, 6) is 5.86. The van der Waals surface area contributed by atoms with Crippen molar-refractivity contribution in [3.05, 3.63) is 42.5 Å². The molecule has 1 aliphatic rings. The van der Waals surface area contributed by atoms with Crippen LogP contribution in [-0.2, 0) is 4.79 Å². The Morgan fingerprint density at radius 3 is 2.82 bits per heavy atom. The van der Waals surface area contributed by atoms with Crippen molar-refractivity contribution in [2.75, 3.05) is 24.5 Å². The second kappa shape index (κ2) is 7.89. The maximum absolute atomic E-state index is 11.5. The standard InChI is InChI=1S/C17H19N3O2/c1-2-3-6-16(21)18-11-4-5-14-7-9-15(10-8-14)20-13-12-19-17(20)22/h2,7-10H,1,3,6,11-13H2,(H,18,21)(H,19,22). The lowest BCUT2D eigenvalue weighted by Crippen LogP contribution is -2.27. The molecule has 5 heteroatoms. The highest BCUT2D eigenvalue weighted by atomic mass is 16.2. The molecule has 0 spiro atoms. The summed E-state index contributed by atoms with van der Waals surface area (Å²) in [5.41, 5.74) is 1.71. The molecule has 2 rings (SSSR count). The van der Waals surface area contributed by atoms with Crippen LogP contribution in [0.5, 0.6) is 0 Å². The molecule has 1 aliphatic heterocycles. The summed E-state index contributed by atoms with van der Waals surface area (Å²) in [7, 11) is 0. The Labute approximate surface area is 130 Å². The molecule has 22 heavy (non-hydrogen) atoms. The van der Waals surface area contributed by atoms with E-state index in [1.54, 1.807) is 11.0 Å². The van der Waals surface area contributed by atoms with Crippen molar-refractivity contribution in [3.8, 4) is 11.8 Å². The number of hydrogen-bond acceptors (Lipinski definition) is 2. The first-order chi connectivity index (χ1) is 10.7. The number of nitrogens with zero attached hydrogens (tertiary/aromatic N) is 1. The minimum absolute atomic E-state index is 0.0235. The summed E-state index contributed by atoms with van der Waals surface area (Å²) in [6, 6.07) is 7.41. The molecule has 0 aromatic heterocycles. The van der Waals surface area contributed by atoms with Crippen molar-refractivity contribution >= 4 is 17.6 Å². The highest BCUT2D eigenvalue weighted by Crippen LogP contribution is 2.16. The zero-order valence-corrected chi connectivity index (χ0v) is 12.4. The molecule has 1 saturated heterocycles. The Bertz CT molecular complexity index is 611. The normalized spacial score (nSPS) is 13.1. The third-order valence-electron chi connectivity index (χ3n) is 3.22. The van der Waals surface area contributed by atoms with Crippen LogP contribution in [0.15, 0.2) is 36.9 Å². The molecule has 5 nitrogen and oxygen atoms in total. The predicted octanol–water partition coefficient (Wildman–Crippen LogP) is 1.65. The number of carbonyl (C=O) groups excluding carboxylic acids is 2. The molecule has 2 N–H and O–H groups in total. The SMILES string of the molecule is C=CCCC(=O)NCC#Cc1ccc(N2CCNC2=O)cc1. The van der Waals surface area contributed by atoms with Gasteiger partial charge in [0.25, 0.3) is 0 Å². The van der Waals surface area contributed by atoms with Crippen molar-refractivity contribution < 1.29 is 9.59 Å². The molecule has 0 radical (unpaired) electrons. The van der Waals surface area contributed by atoms with E-state index in [-0.39, 0.29) is 11.9 Å². The summed E-state index contributed by atoms with van der Waals surface area (Å²) in [4.78, 5) is 24.6. The third kappa shape index (κ3) is 4.38. The number of allylic oxidation sites excluding steroid dienone is 1. The molecule has 0 aliphatic carbocycles. The van der Waals surface area contributed by atoms with E-state index in [9.17, 15) is 9.59 Å². The number of hydrogen-bond donors (Lipinski definition) is 2. The van der Waals surface area contributed by atoms with E-state index in [1.165, 1.54) is 0 Å².